The van der Waals surface area contributed by atoms with Crippen molar-refractivity contribution in [1.82, 2.24) is 14.7 Å². The van der Waals surface area contributed by atoms with Gasteiger partial charge in [0.05, 0.1) is 45.4 Å². The molecule has 1 N–H and O–H groups in total. The number of amides is 1. The van der Waals surface area contributed by atoms with Crippen LogP contribution in [-0.4, -0.2) is 50.5 Å². The zero-order valence-electron chi connectivity index (χ0n) is 22.8. The molecule has 13 heteroatoms. The number of ketones is 1. The summed E-state index contributed by atoms with van der Waals surface area (Å²) in [5.74, 6) is -3.59. The van der Waals surface area contributed by atoms with Crippen LogP contribution in [0.5, 0.6) is 0 Å². The fraction of sp³-hybridized carbons (Fsp3) is 0.571. The zero-order valence-corrected chi connectivity index (χ0v) is 24.3. The summed E-state index contributed by atoms with van der Waals surface area (Å²) in [5, 5.41) is 12.9. The molecule has 1 aromatic carbocycles. The number of aromatic nitrogens is 2. The summed E-state index contributed by atoms with van der Waals surface area (Å²) in [5.41, 5.74) is -3.21. The van der Waals surface area contributed by atoms with Gasteiger partial charge in [-0.15, -0.1) is 0 Å². The van der Waals surface area contributed by atoms with Gasteiger partial charge in [-0.3, -0.25) is 19.1 Å². The van der Waals surface area contributed by atoms with Crippen molar-refractivity contribution in [3.8, 4) is 0 Å². The fourth-order valence-electron chi connectivity index (χ4n) is 6.17. The average Bonchev–Trinajstić information content (AvgIpc) is 3.27. The van der Waals surface area contributed by atoms with Crippen molar-refractivity contribution in [2.24, 2.45) is 16.7 Å². The zero-order chi connectivity index (χ0) is 30.5. The Morgan fingerprint density at radius 3 is 2.15 bits per heavy atom. The first-order chi connectivity index (χ1) is 18.9. The summed E-state index contributed by atoms with van der Waals surface area (Å²) in [6.45, 7) is 5.02. The fourth-order valence-corrected chi connectivity index (χ4v) is 6.84. The maximum atomic E-state index is 14.5. The summed E-state index contributed by atoms with van der Waals surface area (Å²) in [6, 6.07) is 1.04. The van der Waals surface area contributed by atoms with Crippen LogP contribution in [0.15, 0.2) is 18.3 Å². The number of halogens is 6. The highest BCUT2D eigenvalue weighted by Gasteiger charge is 2.46. The van der Waals surface area contributed by atoms with Gasteiger partial charge in [0.25, 0.3) is 5.91 Å². The van der Waals surface area contributed by atoms with Gasteiger partial charge in [-0.05, 0) is 68.9 Å². The third-order valence-corrected chi connectivity index (χ3v) is 8.88. The molecule has 2 saturated carbocycles. The van der Waals surface area contributed by atoms with Gasteiger partial charge >= 0.3 is 12.1 Å². The van der Waals surface area contributed by atoms with Gasteiger partial charge in [-0.25, -0.2) is 4.39 Å². The molecule has 2 aliphatic carbocycles. The minimum Gasteiger partial charge on any atom is -0.481 e. The van der Waals surface area contributed by atoms with Gasteiger partial charge in [0.15, 0.2) is 11.5 Å². The number of carboxylic acids is 1. The van der Waals surface area contributed by atoms with Crippen LogP contribution in [0.2, 0.25) is 10.0 Å². The summed E-state index contributed by atoms with van der Waals surface area (Å²) in [7, 11) is 0. The lowest BCUT2D eigenvalue weighted by Crippen LogP contribution is -2.45. The predicted octanol–water partition coefficient (Wildman–Crippen LogP) is 7.32. The molecule has 4 rings (SSSR count). The van der Waals surface area contributed by atoms with E-state index < -0.39 is 58.9 Å². The molecule has 224 valence electrons. The van der Waals surface area contributed by atoms with E-state index in [9.17, 15) is 37.1 Å². The Morgan fingerprint density at radius 1 is 1.10 bits per heavy atom. The van der Waals surface area contributed by atoms with Crippen LogP contribution in [0.3, 0.4) is 0 Å². The Labute approximate surface area is 244 Å². The predicted molar refractivity (Wildman–Crippen MR) is 144 cm³/mol. The number of hydrogen-bond acceptors (Lipinski definition) is 4. The van der Waals surface area contributed by atoms with Crippen molar-refractivity contribution < 1.29 is 37.1 Å². The molecule has 1 aromatic heterocycles. The highest BCUT2D eigenvalue weighted by atomic mass is 35.5. The highest BCUT2D eigenvalue weighted by molar-refractivity contribution is 6.40. The summed E-state index contributed by atoms with van der Waals surface area (Å²) in [6.07, 6.45) is -2.08. The van der Waals surface area contributed by atoms with Gasteiger partial charge in [0.1, 0.15) is 5.82 Å². The normalized spacial score (nSPS) is 22.7. The second-order valence-electron chi connectivity index (χ2n) is 12.2. The Bertz CT molecular complexity index is 1340. The van der Waals surface area contributed by atoms with Crippen LogP contribution in [0.1, 0.15) is 91.7 Å². The molecule has 0 radical (unpaired) electrons. The number of rotatable bonds is 8. The molecule has 7 nitrogen and oxygen atoms in total. The first-order valence-corrected chi connectivity index (χ1v) is 14.0. The molecule has 2 aliphatic rings. The molecule has 0 bridgehead atoms. The lowest BCUT2D eigenvalue weighted by Gasteiger charge is -2.44. The number of alkyl halides is 3. The molecule has 2 aromatic rings. The monoisotopic (exact) mass is 619 g/mol. The lowest BCUT2D eigenvalue weighted by molar-refractivity contribution is -0.152. The van der Waals surface area contributed by atoms with E-state index in [4.69, 9.17) is 23.2 Å². The molecule has 1 amide bonds. The van der Waals surface area contributed by atoms with Crippen LogP contribution in [-0.2, 0) is 11.0 Å². The van der Waals surface area contributed by atoms with E-state index in [0.29, 0.717) is 12.8 Å². The Kier molecular flexibility index (Phi) is 8.55. The number of benzene rings is 1. The van der Waals surface area contributed by atoms with Gasteiger partial charge in [0.2, 0.25) is 0 Å². The van der Waals surface area contributed by atoms with Crippen LogP contribution in [0.25, 0.3) is 0 Å². The number of aliphatic carboxylic acids is 1. The van der Waals surface area contributed by atoms with Gasteiger partial charge in [0, 0.05) is 6.54 Å². The largest absolute Gasteiger partial charge is 0.481 e. The third kappa shape index (κ3) is 6.56. The van der Waals surface area contributed by atoms with E-state index in [1.54, 1.807) is 6.92 Å². The van der Waals surface area contributed by atoms with E-state index in [1.807, 2.05) is 13.8 Å². The summed E-state index contributed by atoms with van der Waals surface area (Å²) >= 11 is 12.1. The van der Waals surface area contributed by atoms with Crippen molar-refractivity contribution in [2.45, 2.75) is 71.5 Å². The van der Waals surface area contributed by atoms with E-state index in [2.05, 4.69) is 5.10 Å². The van der Waals surface area contributed by atoms with Gasteiger partial charge < -0.3 is 10.0 Å². The third-order valence-electron chi connectivity index (χ3n) is 8.28. The standard InChI is InChI=1S/C28H31Cl2F4N3O4/c1-26(2)10-15(11-26)13-36(14-21(38)22-19(29)8-16(31)9-20(22)30)24(39)18-12-35-37(23(18)28(32,33)34)17-4-6-27(3,7-5-17)25(40)41/h8-9,12,15,17H,4-7,10-11,13-14H2,1-3H3,(H,40,41). The van der Waals surface area contributed by atoms with Crippen molar-refractivity contribution in [1.29, 1.82) is 0 Å². The molecular formula is C28H31Cl2F4N3O4. The molecule has 2 fully saturated rings. The van der Waals surface area contributed by atoms with Crippen LogP contribution < -0.4 is 0 Å². The number of nitrogens with zero attached hydrogens (tertiary/aromatic N) is 3. The number of carbonyl (C=O) groups excluding carboxylic acids is 2. The minimum atomic E-state index is -4.95. The molecule has 1 heterocycles. The second kappa shape index (κ2) is 11.2. The molecule has 0 unspecified atom stereocenters. The maximum Gasteiger partial charge on any atom is 0.433 e. The van der Waals surface area contributed by atoms with Crippen molar-refractivity contribution >= 4 is 40.9 Å². The number of carboxylic acid groups (broad SMARTS) is 1. The molecule has 0 spiro atoms. The Hall–Kier alpha value is -2.66. The Balaban J connectivity index is 1.66. The van der Waals surface area contributed by atoms with E-state index in [1.165, 1.54) is 0 Å². The van der Waals surface area contributed by atoms with Crippen molar-refractivity contribution in [3.05, 3.63) is 51.0 Å². The van der Waals surface area contributed by atoms with Crippen molar-refractivity contribution in [2.75, 3.05) is 13.1 Å². The molecule has 0 atom stereocenters. The SMILES string of the molecule is CC1(C)CC(CN(CC(=O)c2c(Cl)cc(F)cc2Cl)C(=O)c2cnn(C3CCC(C)(C(=O)O)CC3)c2C(F)(F)F)C1. The van der Waals surface area contributed by atoms with Crippen molar-refractivity contribution in [3.63, 3.8) is 0 Å². The van der Waals surface area contributed by atoms with Gasteiger partial charge in [-0.1, -0.05) is 37.0 Å². The lowest BCUT2D eigenvalue weighted by atomic mass is 9.64. The number of Topliss-reactive ketones (excluding diaryl/α,β-unsaturated/α-hetero) is 1. The molecule has 0 saturated heterocycles. The number of carbonyl (C=O) groups is 3. The van der Waals surface area contributed by atoms with E-state index in [-0.39, 0.29) is 59.2 Å². The maximum absolute atomic E-state index is 14.5. The quantitative estimate of drug-likeness (QED) is 0.247. The number of hydrogen-bond donors (Lipinski definition) is 1. The van der Waals surface area contributed by atoms with Crippen LogP contribution in [0, 0.1) is 22.6 Å². The van der Waals surface area contributed by atoms with E-state index in [0.717, 1.165) is 27.9 Å². The highest BCUT2D eigenvalue weighted by Crippen LogP contribution is 2.46. The molecular weight excluding hydrogens is 589 g/mol. The Morgan fingerprint density at radius 2 is 1.66 bits per heavy atom. The van der Waals surface area contributed by atoms with Gasteiger partial charge in [-0.2, -0.15) is 18.3 Å². The second-order valence-corrected chi connectivity index (χ2v) is 13.1. The average molecular weight is 620 g/mol. The van der Waals surface area contributed by atoms with Crippen LogP contribution in [0.4, 0.5) is 17.6 Å². The summed E-state index contributed by atoms with van der Waals surface area (Å²) < 4.78 is 57.8. The smallest absolute Gasteiger partial charge is 0.433 e. The summed E-state index contributed by atoms with van der Waals surface area (Å²) in [4.78, 5) is 39.6. The topological polar surface area (TPSA) is 92.5 Å². The molecule has 41 heavy (non-hydrogen) atoms. The first kappa shape index (κ1) is 31.3. The van der Waals surface area contributed by atoms with Crippen LogP contribution >= 0.6 is 23.2 Å². The van der Waals surface area contributed by atoms with E-state index >= 15 is 0 Å². The molecule has 0 aliphatic heterocycles. The minimum absolute atomic E-state index is 0.000410. The first-order valence-electron chi connectivity index (χ1n) is 13.3.